The number of carbonyl (C=O) groups excluding carboxylic acids is 1. The minimum absolute atomic E-state index is 0.121. The van der Waals surface area contributed by atoms with Gasteiger partial charge in [-0.2, -0.15) is 0 Å². The van der Waals surface area contributed by atoms with Crippen LogP contribution in [0, 0.1) is 3.57 Å². The van der Waals surface area contributed by atoms with E-state index in [9.17, 15) is 4.79 Å². The maximum Gasteiger partial charge on any atom is 0.254 e. The van der Waals surface area contributed by atoms with E-state index in [1.54, 1.807) is 0 Å². The monoisotopic (exact) mass is 359 g/mol. The molecule has 2 unspecified atom stereocenters. The number of halogens is 1. The summed E-state index contributed by atoms with van der Waals surface area (Å²) in [6, 6.07) is 7.95. The normalized spacial score (nSPS) is 24.1. The molecule has 1 aromatic carbocycles. The van der Waals surface area contributed by atoms with Crippen molar-refractivity contribution >= 4 is 28.5 Å². The zero-order valence-corrected chi connectivity index (χ0v) is 12.9. The fourth-order valence-corrected chi connectivity index (χ4v) is 2.76. The summed E-state index contributed by atoms with van der Waals surface area (Å²) >= 11 is 2.23. The molecule has 0 aromatic heterocycles. The molecule has 0 radical (unpaired) electrons. The largest absolute Gasteiger partial charge is 0.375 e. The quantitative estimate of drug-likeness (QED) is 0.760. The molecule has 98 valence electrons. The van der Waals surface area contributed by atoms with Crippen LogP contribution in [0.4, 0.5) is 0 Å². The van der Waals surface area contributed by atoms with Crippen LogP contribution >= 0.6 is 22.6 Å². The van der Waals surface area contributed by atoms with E-state index in [1.807, 2.05) is 36.1 Å². The summed E-state index contributed by atoms with van der Waals surface area (Å²) < 4.78 is 6.72. The van der Waals surface area contributed by atoms with Crippen LogP contribution in [0.25, 0.3) is 0 Å². The molecule has 2 rings (SSSR count). The van der Waals surface area contributed by atoms with Gasteiger partial charge in [0, 0.05) is 15.7 Å². The number of benzene rings is 1. The molecule has 2 atom stereocenters. The number of ether oxygens (including phenoxy) is 1. The zero-order chi connectivity index (χ0) is 13.1. The van der Waals surface area contributed by atoms with E-state index in [0.29, 0.717) is 13.2 Å². The molecule has 3 nitrogen and oxygen atoms in total. The Labute approximate surface area is 122 Å². The van der Waals surface area contributed by atoms with Gasteiger partial charge in [-0.3, -0.25) is 4.79 Å². The molecular weight excluding hydrogens is 341 g/mol. The molecule has 1 aliphatic rings. The summed E-state index contributed by atoms with van der Waals surface area (Å²) in [7, 11) is 0. The van der Waals surface area contributed by atoms with Crippen LogP contribution in [0.2, 0.25) is 0 Å². The third-order valence-electron chi connectivity index (χ3n) is 3.27. The van der Waals surface area contributed by atoms with Crippen molar-refractivity contribution < 1.29 is 9.53 Å². The first-order valence-corrected chi connectivity index (χ1v) is 7.37. The van der Waals surface area contributed by atoms with Gasteiger partial charge in [0.25, 0.3) is 5.91 Å². The van der Waals surface area contributed by atoms with Gasteiger partial charge < -0.3 is 9.64 Å². The van der Waals surface area contributed by atoms with Crippen LogP contribution in [0.5, 0.6) is 0 Å². The predicted molar refractivity (Wildman–Crippen MR) is 79.7 cm³/mol. The molecule has 1 fully saturated rings. The van der Waals surface area contributed by atoms with E-state index in [2.05, 4.69) is 29.5 Å². The molecular formula is C14H18INO2. The highest BCUT2D eigenvalue weighted by Crippen LogP contribution is 2.18. The van der Waals surface area contributed by atoms with Gasteiger partial charge in [-0.1, -0.05) is 13.0 Å². The number of rotatable bonds is 2. The zero-order valence-electron chi connectivity index (χ0n) is 10.7. The standard InChI is InChI=1S/C14H18INO2/c1-3-13-9-18-10(2)8-16(13)14(17)11-5-4-6-12(15)7-11/h4-7,10,13H,3,8-9H2,1-2H3. The molecule has 4 heteroatoms. The Kier molecular flexibility index (Phi) is 4.61. The van der Waals surface area contributed by atoms with E-state index in [4.69, 9.17) is 4.74 Å². The Balaban J connectivity index is 2.20. The van der Waals surface area contributed by atoms with Crippen molar-refractivity contribution in [1.82, 2.24) is 4.90 Å². The maximum atomic E-state index is 12.5. The fourth-order valence-electron chi connectivity index (χ4n) is 2.22. The molecule has 0 N–H and O–H groups in total. The summed E-state index contributed by atoms with van der Waals surface area (Å²) in [4.78, 5) is 14.5. The van der Waals surface area contributed by atoms with Crippen molar-refractivity contribution in [2.75, 3.05) is 13.2 Å². The van der Waals surface area contributed by atoms with E-state index < -0.39 is 0 Å². The van der Waals surface area contributed by atoms with Crippen LogP contribution in [0.1, 0.15) is 30.6 Å². The smallest absolute Gasteiger partial charge is 0.254 e. The Morgan fingerprint density at radius 1 is 1.56 bits per heavy atom. The average Bonchev–Trinajstić information content (AvgIpc) is 2.38. The molecule has 0 aliphatic carbocycles. The molecule has 1 aliphatic heterocycles. The SMILES string of the molecule is CCC1COC(C)CN1C(=O)c1cccc(I)c1. The lowest BCUT2D eigenvalue weighted by atomic mass is 10.1. The second kappa shape index (κ2) is 6.02. The minimum atomic E-state index is 0.121. The fraction of sp³-hybridized carbons (Fsp3) is 0.500. The van der Waals surface area contributed by atoms with Gasteiger partial charge in [0.15, 0.2) is 0 Å². The lowest BCUT2D eigenvalue weighted by Gasteiger charge is -2.38. The molecule has 1 amide bonds. The van der Waals surface area contributed by atoms with Gasteiger partial charge in [0.1, 0.15) is 0 Å². The third kappa shape index (κ3) is 3.03. The third-order valence-corrected chi connectivity index (χ3v) is 3.94. The summed E-state index contributed by atoms with van der Waals surface area (Å²) in [6.45, 7) is 5.44. The molecule has 18 heavy (non-hydrogen) atoms. The Morgan fingerprint density at radius 2 is 2.33 bits per heavy atom. The second-order valence-corrected chi connectivity index (χ2v) is 5.92. The number of morpholine rings is 1. The lowest BCUT2D eigenvalue weighted by molar-refractivity contribution is -0.0444. The van der Waals surface area contributed by atoms with Gasteiger partial charge in [-0.15, -0.1) is 0 Å². The average molecular weight is 359 g/mol. The highest BCUT2D eigenvalue weighted by Gasteiger charge is 2.29. The van der Waals surface area contributed by atoms with Gasteiger partial charge in [0.2, 0.25) is 0 Å². The topological polar surface area (TPSA) is 29.5 Å². The first-order chi connectivity index (χ1) is 8.61. The minimum Gasteiger partial charge on any atom is -0.375 e. The van der Waals surface area contributed by atoms with Crippen molar-refractivity contribution in [2.24, 2.45) is 0 Å². The summed E-state index contributed by atoms with van der Waals surface area (Å²) in [5.74, 6) is 0.121. The maximum absolute atomic E-state index is 12.5. The Bertz CT molecular complexity index is 436. The summed E-state index contributed by atoms with van der Waals surface area (Å²) in [5, 5.41) is 0. The number of amides is 1. The van der Waals surface area contributed by atoms with Gasteiger partial charge >= 0.3 is 0 Å². The van der Waals surface area contributed by atoms with Crippen molar-refractivity contribution in [3.8, 4) is 0 Å². The van der Waals surface area contributed by atoms with Gasteiger partial charge in [0.05, 0.1) is 18.8 Å². The molecule has 0 spiro atoms. The molecule has 0 saturated carbocycles. The van der Waals surface area contributed by atoms with E-state index in [0.717, 1.165) is 15.6 Å². The molecule has 1 saturated heterocycles. The van der Waals surface area contributed by atoms with Crippen molar-refractivity contribution in [1.29, 1.82) is 0 Å². The van der Waals surface area contributed by atoms with Crippen LogP contribution in [-0.2, 0) is 4.74 Å². The summed E-state index contributed by atoms with van der Waals surface area (Å²) in [6.07, 6.45) is 1.06. The van der Waals surface area contributed by atoms with E-state index in [1.165, 1.54) is 0 Å². The summed E-state index contributed by atoms with van der Waals surface area (Å²) in [5.41, 5.74) is 0.773. The first-order valence-electron chi connectivity index (χ1n) is 6.30. The van der Waals surface area contributed by atoms with Gasteiger partial charge in [-0.25, -0.2) is 0 Å². The lowest BCUT2D eigenvalue weighted by Crippen LogP contribution is -2.51. The van der Waals surface area contributed by atoms with Crippen LogP contribution in [0.15, 0.2) is 24.3 Å². The molecule has 0 bridgehead atoms. The Hall–Kier alpha value is -0.620. The molecule has 1 aromatic rings. The number of carbonyl (C=O) groups is 1. The van der Waals surface area contributed by atoms with Crippen molar-refractivity contribution in [3.63, 3.8) is 0 Å². The number of hydrogen-bond acceptors (Lipinski definition) is 2. The number of nitrogens with zero attached hydrogens (tertiary/aromatic N) is 1. The predicted octanol–water partition coefficient (Wildman–Crippen LogP) is 2.93. The van der Waals surface area contributed by atoms with Crippen LogP contribution in [0.3, 0.4) is 0 Å². The van der Waals surface area contributed by atoms with Crippen molar-refractivity contribution in [2.45, 2.75) is 32.4 Å². The highest BCUT2D eigenvalue weighted by atomic mass is 127. The van der Waals surface area contributed by atoms with Crippen LogP contribution in [-0.4, -0.2) is 36.1 Å². The van der Waals surface area contributed by atoms with E-state index >= 15 is 0 Å². The Morgan fingerprint density at radius 3 is 3.00 bits per heavy atom. The first kappa shape index (κ1) is 13.8. The molecule has 1 heterocycles. The van der Waals surface area contributed by atoms with Gasteiger partial charge in [-0.05, 0) is 54.1 Å². The van der Waals surface area contributed by atoms with Crippen molar-refractivity contribution in [3.05, 3.63) is 33.4 Å². The number of hydrogen-bond donors (Lipinski definition) is 0. The highest BCUT2D eigenvalue weighted by molar-refractivity contribution is 14.1. The second-order valence-electron chi connectivity index (χ2n) is 4.67. The van der Waals surface area contributed by atoms with E-state index in [-0.39, 0.29) is 18.1 Å². The van der Waals surface area contributed by atoms with Crippen LogP contribution < -0.4 is 0 Å².